The van der Waals surface area contributed by atoms with Gasteiger partial charge in [-0.1, -0.05) is 0 Å². The summed E-state index contributed by atoms with van der Waals surface area (Å²) in [5.74, 6) is -0.455. The van der Waals surface area contributed by atoms with Gasteiger partial charge in [-0.2, -0.15) is 0 Å². The number of hydrogen-bond acceptors (Lipinski definition) is 2. The molecule has 6 heteroatoms. The molecule has 2 aliphatic heterocycles. The Morgan fingerprint density at radius 3 is 1.96 bits per heavy atom. The Labute approximate surface area is 163 Å². The number of nitrogens with zero attached hydrogens (tertiary/aromatic N) is 1. The maximum Gasteiger partial charge on any atom is 0.252 e. The molecule has 1 N–H and O–H groups in total. The Bertz CT molecular complexity index is 751. The summed E-state index contributed by atoms with van der Waals surface area (Å²) in [7, 11) is 0. The van der Waals surface area contributed by atoms with E-state index in [1.807, 2.05) is 4.90 Å². The third kappa shape index (κ3) is 4.08. The van der Waals surface area contributed by atoms with Gasteiger partial charge in [0, 0.05) is 17.7 Å². The number of piperazine rings is 1. The predicted octanol–water partition coefficient (Wildman–Crippen LogP) is 1.96. The monoisotopic (exact) mass is 387 g/mol. The molecule has 0 radical (unpaired) electrons. The third-order valence-electron chi connectivity index (χ3n) is 5.74. The average molecular weight is 387 g/mol. The van der Waals surface area contributed by atoms with Gasteiger partial charge in [0.1, 0.15) is 23.8 Å². The lowest BCUT2D eigenvalue weighted by Crippen LogP contribution is -3.15. The van der Waals surface area contributed by atoms with Crippen LogP contribution in [0.2, 0.25) is 0 Å². The van der Waals surface area contributed by atoms with E-state index < -0.39 is 0 Å². The van der Waals surface area contributed by atoms with Crippen molar-refractivity contribution in [1.29, 1.82) is 0 Å². The highest BCUT2D eigenvalue weighted by atomic mass is 19.1. The zero-order valence-corrected chi connectivity index (χ0v) is 15.7. The number of carbonyl (C=O) groups excluding carboxylic acids is 1. The van der Waals surface area contributed by atoms with Crippen molar-refractivity contribution < 1.29 is 23.2 Å². The highest BCUT2D eigenvalue weighted by Gasteiger charge is 2.35. The highest BCUT2D eigenvalue weighted by molar-refractivity contribution is 5.81. The van der Waals surface area contributed by atoms with Gasteiger partial charge in [0.05, 0.1) is 26.2 Å². The molecule has 2 heterocycles. The molecule has 4 rings (SSSR count). The summed E-state index contributed by atoms with van der Waals surface area (Å²) in [6.45, 7) is 3.54. The molecule has 4 nitrogen and oxygen atoms in total. The number of hydrogen-bond donors (Lipinski definition) is 1. The molecule has 2 fully saturated rings. The van der Waals surface area contributed by atoms with Crippen molar-refractivity contribution in [3.63, 3.8) is 0 Å². The van der Waals surface area contributed by atoms with Gasteiger partial charge < -0.3 is 14.5 Å². The van der Waals surface area contributed by atoms with E-state index in [1.165, 1.54) is 29.2 Å². The lowest BCUT2D eigenvalue weighted by atomic mass is 9.96. The highest BCUT2D eigenvalue weighted by Crippen LogP contribution is 2.21. The van der Waals surface area contributed by atoms with E-state index in [2.05, 4.69) is 0 Å². The van der Waals surface area contributed by atoms with Crippen molar-refractivity contribution in [2.75, 3.05) is 32.8 Å². The van der Waals surface area contributed by atoms with E-state index in [4.69, 9.17) is 4.74 Å². The number of benzene rings is 2. The fraction of sp³-hybridized carbons (Fsp3) is 0.409. The van der Waals surface area contributed by atoms with Gasteiger partial charge in [0.2, 0.25) is 0 Å². The van der Waals surface area contributed by atoms with Gasteiger partial charge in [-0.3, -0.25) is 4.79 Å². The van der Waals surface area contributed by atoms with Gasteiger partial charge in [0.25, 0.3) is 5.91 Å². The lowest BCUT2D eigenvalue weighted by molar-refractivity contribution is -0.929. The molecule has 2 aliphatic rings. The van der Waals surface area contributed by atoms with Crippen LogP contribution in [0, 0.1) is 11.6 Å². The second kappa shape index (κ2) is 8.37. The van der Waals surface area contributed by atoms with Crippen molar-refractivity contribution in [2.24, 2.45) is 0 Å². The number of nitrogens with one attached hydrogen (secondary N) is 1. The summed E-state index contributed by atoms with van der Waals surface area (Å²) in [4.78, 5) is 15.8. The summed E-state index contributed by atoms with van der Waals surface area (Å²) in [5.41, 5.74) is 1.98. The minimum Gasteiger partial charge on any atom is -0.368 e. The maximum atomic E-state index is 13.4. The predicted molar refractivity (Wildman–Crippen MR) is 101 cm³/mol. The van der Waals surface area contributed by atoms with Crippen molar-refractivity contribution in [3.8, 4) is 0 Å². The van der Waals surface area contributed by atoms with E-state index >= 15 is 0 Å². The maximum absolute atomic E-state index is 13.4. The Morgan fingerprint density at radius 1 is 0.964 bits per heavy atom. The molecule has 2 aromatic rings. The van der Waals surface area contributed by atoms with Crippen molar-refractivity contribution in [3.05, 3.63) is 71.3 Å². The molecular weight excluding hydrogens is 362 g/mol. The zero-order chi connectivity index (χ0) is 19.5. The molecule has 2 saturated heterocycles. The van der Waals surface area contributed by atoms with Crippen LogP contribution in [0.25, 0.3) is 0 Å². The number of quaternary nitrogens is 1. The summed E-state index contributed by atoms with van der Waals surface area (Å²) in [5, 5.41) is 0. The molecule has 0 aromatic heterocycles. The fourth-order valence-electron chi connectivity index (χ4n) is 4.25. The van der Waals surface area contributed by atoms with Gasteiger partial charge in [-0.15, -0.1) is 0 Å². The molecule has 0 bridgehead atoms. The minimum absolute atomic E-state index is 0.0267. The average Bonchev–Trinajstić information content (AvgIpc) is 3.26. The largest absolute Gasteiger partial charge is 0.368 e. The van der Waals surface area contributed by atoms with Crippen LogP contribution in [-0.2, 0) is 9.53 Å². The van der Waals surface area contributed by atoms with Crippen LogP contribution >= 0.6 is 0 Å². The lowest BCUT2D eigenvalue weighted by Gasteiger charge is -2.37. The smallest absolute Gasteiger partial charge is 0.252 e. The Hall–Kier alpha value is -2.31. The van der Waals surface area contributed by atoms with Crippen LogP contribution in [-0.4, -0.2) is 49.7 Å². The van der Waals surface area contributed by atoms with Crippen LogP contribution in [0.1, 0.15) is 30.0 Å². The minimum atomic E-state index is -0.286. The van der Waals surface area contributed by atoms with E-state index in [-0.39, 0.29) is 29.7 Å². The van der Waals surface area contributed by atoms with E-state index in [0.29, 0.717) is 19.7 Å². The van der Waals surface area contributed by atoms with Gasteiger partial charge in [-0.05, 0) is 61.4 Å². The number of rotatable bonds is 4. The van der Waals surface area contributed by atoms with Gasteiger partial charge in [0.15, 0.2) is 0 Å². The van der Waals surface area contributed by atoms with Crippen molar-refractivity contribution >= 4 is 5.91 Å². The van der Waals surface area contributed by atoms with Crippen molar-refractivity contribution in [1.82, 2.24) is 4.90 Å². The fourth-order valence-corrected chi connectivity index (χ4v) is 4.25. The second-order valence-electron chi connectivity index (χ2n) is 7.52. The van der Waals surface area contributed by atoms with Gasteiger partial charge in [-0.25, -0.2) is 8.78 Å². The standard InChI is InChI=1S/C22H24F2N2O2/c23-18-7-3-16(4-8-18)21(17-5-9-19(24)10-6-17)25-11-13-26(14-12-25)22(27)20-2-1-15-28-20/h3-10,20-21H,1-2,11-15H2/p+1/t20-/m0/s1. The SMILES string of the molecule is O=C([C@@H]1CCCO1)N1CC[NH+](C(c2ccc(F)cc2)c2ccc(F)cc2)CC1. The Kier molecular flexibility index (Phi) is 5.69. The molecule has 0 unspecified atom stereocenters. The molecule has 2 aromatic carbocycles. The van der Waals surface area contributed by atoms with Crippen LogP contribution < -0.4 is 4.90 Å². The normalized spacial score (nSPS) is 20.7. The summed E-state index contributed by atoms with van der Waals surface area (Å²) in [6.07, 6.45) is 1.46. The third-order valence-corrected chi connectivity index (χ3v) is 5.74. The number of amides is 1. The first kappa shape index (κ1) is 19.0. The van der Waals surface area contributed by atoms with Crippen LogP contribution in [0.3, 0.4) is 0 Å². The molecule has 1 amide bonds. The summed E-state index contributed by atoms with van der Waals surface area (Å²) < 4.78 is 32.4. The number of carbonyl (C=O) groups is 1. The van der Waals surface area contributed by atoms with E-state index in [1.54, 1.807) is 24.3 Å². The zero-order valence-electron chi connectivity index (χ0n) is 15.7. The molecule has 1 atom stereocenters. The molecule has 148 valence electrons. The topological polar surface area (TPSA) is 34.0 Å². The summed E-state index contributed by atoms with van der Waals surface area (Å²) >= 11 is 0. The van der Waals surface area contributed by atoms with Gasteiger partial charge >= 0.3 is 0 Å². The second-order valence-corrected chi connectivity index (χ2v) is 7.52. The summed E-state index contributed by atoms with van der Waals surface area (Å²) in [6, 6.07) is 13.0. The molecule has 0 spiro atoms. The Balaban J connectivity index is 1.51. The van der Waals surface area contributed by atoms with Crippen LogP contribution in [0.5, 0.6) is 0 Å². The number of ether oxygens (including phenoxy) is 1. The first-order valence-corrected chi connectivity index (χ1v) is 9.88. The van der Waals surface area contributed by atoms with E-state index in [9.17, 15) is 13.6 Å². The van der Waals surface area contributed by atoms with E-state index in [0.717, 1.165) is 37.1 Å². The molecule has 0 aliphatic carbocycles. The Morgan fingerprint density at radius 2 is 1.50 bits per heavy atom. The molecule has 0 saturated carbocycles. The van der Waals surface area contributed by atoms with Crippen LogP contribution in [0.4, 0.5) is 8.78 Å². The quantitative estimate of drug-likeness (QED) is 0.870. The number of halogens is 2. The first-order valence-electron chi connectivity index (χ1n) is 9.88. The first-order chi connectivity index (χ1) is 13.6. The molecular formula is C22H25F2N2O2+. The van der Waals surface area contributed by atoms with Crippen LogP contribution in [0.15, 0.2) is 48.5 Å². The van der Waals surface area contributed by atoms with Crippen molar-refractivity contribution in [2.45, 2.75) is 25.0 Å². The molecule has 28 heavy (non-hydrogen) atoms.